The van der Waals surface area contributed by atoms with Gasteiger partial charge < -0.3 is 9.73 Å². The van der Waals surface area contributed by atoms with Crippen molar-refractivity contribution in [3.05, 3.63) is 41.6 Å². The lowest BCUT2D eigenvalue weighted by molar-refractivity contribution is 0.564. The van der Waals surface area contributed by atoms with Crippen LogP contribution in [0.4, 0.5) is 5.95 Å². The molecule has 2 aromatic heterocycles. The fourth-order valence-corrected chi connectivity index (χ4v) is 1.54. The number of nitrogens with one attached hydrogen (secondary N) is 1. The lowest BCUT2D eigenvalue weighted by Crippen LogP contribution is -2.06. The molecule has 0 saturated carbocycles. The van der Waals surface area contributed by atoms with Gasteiger partial charge in [-0.1, -0.05) is 13.8 Å². The molecule has 2 aromatic rings. The van der Waals surface area contributed by atoms with Gasteiger partial charge in [0.15, 0.2) is 0 Å². The van der Waals surface area contributed by atoms with E-state index >= 15 is 0 Å². The van der Waals surface area contributed by atoms with E-state index in [2.05, 4.69) is 29.1 Å². The Bertz CT molecular complexity index is 477. The van der Waals surface area contributed by atoms with Gasteiger partial charge in [0.25, 0.3) is 0 Å². The minimum atomic E-state index is 0.408. The molecule has 4 nitrogen and oxygen atoms in total. The van der Waals surface area contributed by atoms with Crippen LogP contribution in [-0.4, -0.2) is 9.97 Å². The molecule has 0 atom stereocenters. The largest absolute Gasteiger partial charge is 0.472 e. The Morgan fingerprint density at radius 3 is 2.82 bits per heavy atom. The zero-order valence-corrected chi connectivity index (χ0v) is 10.4. The molecule has 2 rings (SSSR count). The third kappa shape index (κ3) is 3.06. The molecule has 4 heteroatoms. The summed E-state index contributed by atoms with van der Waals surface area (Å²) < 4.78 is 5.01. The Morgan fingerprint density at radius 2 is 2.18 bits per heavy atom. The minimum absolute atomic E-state index is 0.408. The highest BCUT2D eigenvalue weighted by atomic mass is 16.3. The summed E-state index contributed by atoms with van der Waals surface area (Å²) in [6.45, 7) is 6.91. The molecule has 0 saturated heterocycles. The first kappa shape index (κ1) is 11.6. The lowest BCUT2D eigenvalue weighted by Gasteiger charge is -2.09. The van der Waals surface area contributed by atoms with E-state index in [1.165, 1.54) is 0 Å². The van der Waals surface area contributed by atoms with Gasteiger partial charge in [-0.25, -0.2) is 9.97 Å². The molecule has 0 aromatic carbocycles. The molecule has 0 unspecified atom stereocenters. The van der Waals surface area contributed by atoms with Crippen molar-refractivity contribution in [1.82, 2.24) is 9.97 Å². The SMILES string of the molecule is Cc1cc(C(C)C)nc(NCc2ccoc2)n1. The Labute approximate surface area is 101 Å². The maximum absolute atomic E-state index is 5.01. The Morgan fingerprint density at radius 1 is 1.35 bits per heavy atom. The molecule has 0 aliphatic rings. The van der Waals surface area contributed by atoms with Gasteiger partial charge in [-0.3, -0.25) is 0 Å². The normalized spacial score (nSPS) is 10.8. The average Bonchev–Trinajstić information content (AvgIpc) is 2.78. The number of aryl methyl sites for hydroxylation is 1. The molecule has 0 amide bonds. The summed E-state index contributed by atoms with van der Waals surface area (Å²) in [6.07, 6.45) is 3.37. The van der Waals surface area contributed by atoms with Crippen LogP contribution in [0.15, 0.2) is 29.1 Å². The summed E-state index contributed by atoms with van der Waals surface area (Å²) in [5.41, 5.74) is 3.13. The van der Waals surface area contributed by atoms with Crippen molar-refractivity contribution in [2.24, 2.45) is 0 Å². The number of furan rings is 1. The summed E-state index contributed by atoms with van der Waals surface area (Å²) in [4.78, 5) is 8.84. The third-order valence-corrected chi connectivity index (χ3v) is 2.50. The van der Waals surface area contributed by atoms with Crippen LogP contribution >= 0.6 is 0 Å². The quantitative estimate of drug-likeness (QED) is 0.878. The van der Waals surface area contributed by atoms with E-state index in [0.717, 1.165) is 17.0 Å². The van der Waals surface area contributed by atoms with Gasteiger partial charge in [-0.2, -0.15) is 0 Å². The van der Waals surface area contributed by atoms with Gasteiger partial charge in [-0.15, -0.1) is 0 Å². The predicted molar refractivity (Wildman–Crippen MR) is 66.9 cm³/mol. The van der Waals surface area contributed by atoms with Crippen molar-refractivity contribution in [3.63, 3.8) is 0 Å². The van der Waals surface area contributed by atoms with Crippen LogP contribution in [0.3, 0.4) is 0 Å². The van der Waals surface area contributed by atoms with E-state index in [1.54, 1.807) is 12.5 Å². The number of nitrogens with zero attached hydrogens (tertiary/aromatic N) is 2. The molecular formula is C13H17N3O. The molecule has 2 heterocycles. The van der Waals surface area contributed by atoms with Crippen molar-refractivity contribution >= 4 is 5.95 Å². The zero-order valence-electron chi connectivity index (χ0n) is 10.4. The Balaban J connectivity index is 2.10. The Kier molecular flexibility index (Phi) is 3.42. The van der Waals surface area contributed by atoms with E-state index in [4.69, 9.17) is 4.42 Å². The van der Waals surface area contributed by atoms with E-state index in [9.17, 15) is 0 Å². The number of hydrogen-bond acceptors (Lipinski definition) is 4. The molecule has 0 fully saturated rings. The highest BCUT2D eigenvalue weighted by Crippen LogP contribution is 2.14. The van der Waals surface area contributed by atoms with E-state index in [-0.39, 0.29) is 0 Å². The standard InChI is InChI=1S/C13H17N3O/c1-9(2)12-6-10(3)15-13(16-12)14-7-11-4-5-17-8-11/h4-6,8-9H,7H2,1-3H3,(H,14,15,16). The second-order valence-electron chi connectivity index (χ2n) is 4.40. The lowest BCUT2D eigenvalue weighted by atomic mass is 10.1. The Hall–Kier alpha value is -1.84. The summed E-state index contributed by atoms with van der Waals surface area (Å²) in [6, 6.07) is 3.94. The highest BCUT2D eigenvalue weighted by molar-refractivity contribution is 5.30. The molecule has 1 N–H and O–H groups in total. The maximum Gasteiger partial charge on any atom is 0.223 e. The van der Waals surface area contributed by atoms with Gasteiger partial charge >= 0.3 is 0 Å². The molecule has 0 radical (unpaired) electrons. The predicted octanol–water partition coefficient (Wildman–Crippen LogP) is 3.11. The number of anilines is 1. The smallest absolute Gasteiger partial charge is 0.223 e. The van der Waals surface area contributed by atoms with Crippen molar-refractivity contribution in [2.45, 2.75) is 33.2 Å². The van der Waals surface area contributed by atoms with Crippen LogP contribution in [0.2, 0.25) is 0 Å². The topological polar surface area (TPSA) is 51.0 Å². The van der Waals surface area contributed by atoms with E-state index in [0.29, 0.717) is 18.4 Å². The van der Waals surface area contributed by atoms with Gasteiger partial charge in [0.2, 0.25) is 5.95 Å². The van der Waals surface area contributed by atoms with Crippen LogP contribution in [-0.2, 0) is 6.54 Å². The molecule has 90 valence electrons. The minimum Gasteiger partial charge on any atom is -0.472 e. The summed E-state index contributed by atoms with van der Waals surface area (Å²) in [5.74, 6) is 1.08. The van der Waals surface area contributed by atoms with Gasteiger partial charge in [0, 0.05) is 23.5 Å². The van der Waals surface area contributed by atoms with Crippen molar-refractivity contribution in [1.29, 1.82) is 0 Å². The molecule has 17 heavy (non-hydrogen) atoms. The van der Waals surface area contributed by atoms with Crippen LogP contribution in [0.5, 0.6) is 0 Å². The summed E-state index contributed by atoms with van der Waals surface area (Å²) in [5, 5.41) is 3.20. The van der Waals surface area contributed by atoms with Crippen LogP contribution in [0, 0.1) is 6.92 Å². The average molecular weight is 231 g/mol. The fraction of sp³-hybridized carbons (Fsp3) is 0.385. The molecule has 0 aliphatic carbocycles. The summed E-state index contributed by atoms with van der Waals surface area (Å²) >= 11 is 0. The second kappa shape index (κ2) is 4.99. The van der Waals surface area contributed by atoms with Crippen LogP contribution in [0.1, 0.15) is 36.7 Å². The van der Waals surface area contributed by atoms with Crippen molar-refractivity contribution < 1.29 is 4.42 Å². The fourth-order valence-electron chi connectivity index (χ4n) is 1.54. The molecular weight excluding hydrogens is 214 g/mol. The van der Waals surface area contributed by atoms with Crippen molar-refractivity contribution in [2.75, 3.05) is 5.32 Å². The van der Waals surface area contributed by atoms with Crippen LogP contribution < -0.4 is 5.32 Å². The zero-order chi connectivity index (χ0) is 12.3. The number of hydrogen-bond donors (Lipinski definition) is 1. The van der Waals surface area contributed by atoms with Gasteiger partial charge in [-0.05, 0) is 25.0 Å². The monoisotopic (exact) mass is 231 g/mol. The number of aromatic nitrogens is 2. The summed E-state index contributed by atoms with van der Waals surface area (Å²) in [7, 11) is 0. The number of rotatable bonds is 4. The molecule has 0 aliphatic heterocycles. The first-order valence-corrected chi connectivity index (χ1v) is 5.75. The van der Waals surface area contributed by atoms with Gasteiger partial charge in [0.05, 0.1) is 12.5 Å². The van der Waals surface area contributed by atoms with Gasteiger partial charge in [0.1, 0.15) is 0 Å². The first-order valence-electron chi connectivity index (χ1n) is 5.75. The molecule has 0 spiro atoms. The van der Waals surface area contributed by atoms with Crippen molar-refractivity contribution in [3.8, 4) is 0 Å². The first-order chi connectivity index (χ1) is 8.15. The van der Waals surface area contributed by atoms with Crippen LogP contribution in [0.25, 0.3) is 0 Å². The van der Waals surface area contributed by atoms with E-state index in [1.807, 2.05) is 19.1 Å². The highest BCUT2D eigenvalue weighted by Gasteiger charge is 2.05. The molecule has 0 bridgehead atoms. The maximum atomic E-state index is 5.01. The van der Waals surface area contributed by atoms with E-state index < -0.39 is 0 Å². The third-order valence-electron chi connectivity index (χ3n) is 2.50. The second-order valence-corrected chi connectivity index (χ2v) is 4.40.